The lowest BCUT2D eigenvalue weighted by Gasteiger charge is -2.49. The first-order valence-electron chi connectivity index (χ1n) is 27.2. The maximum absolute atomic E-state index is 12.6. The summed E-state index contributed by atoms with van der Waals surface area (Å²) >= 11 is 0. The molecule has 6 saturated carbocycles. The lowest BCUT2D eigenvalue weighted by Crippen LogP contribution is -2.61. The second-order valence-corrected chi connectivity index (χ2v) is 26.6. The van der Waals surface area contributed by atoms with Crippen LogP contribution >= 0.6 is 0 Å². The first-order valence-corrected chi connectivity index (χ1v) is 27.2. The van der Waals surface area contributed by atoms with Gasteiger partial charge in [-0.2, -0.15) is 0 Å². The molecule has 6 aliphatic carbocycles. The Morgan fingerprint density at radius 1 is 0.640 bits per heavy atom. The minimum absolute atomic E-state index is 0.0122. The van der Waals surface area contributed by atoms with Gasteiger partial charge in [-0.15, -0.1) is 0 Å². The molecule has 3 heterocycles. The smallest absolute Gasteiger partial charge is 0.344 e. The molecule has 0 aromatic carbocycles. The molecule has 9 rings (SSSR count). The molecule has 18 atom stereocenters. The van der Waals surface area contributed by atoms with E-state index in [0.29, 0.717) is 25.7 Å². The quantitative estimate of drug-likeness (QED) is 0.114. The van der Waals surface area contributed by atoms with Gasteiger partial charge in [-0.25, -0.2) is 14.4 Å². The van der Waals surface area contributed by atoms with Crippen LogP contribution in [-0.4, -0.2) is 109 Å². The van der Waals surface area contributed by atoms with Crippen molar-refractivity contribution in [1.29, 1.82) is 0 Å². The van der Waals surface area contributed by atoms with Gasteiger partial charge < -0.3 is 42.6 Å². The molecule has 9 fully saturated rings. The molecule has 9 aliphatic rings. The molecule has 3 saturated heterocycles. The Morgan fingerprint density at radius 3 is 1.64 bits per heavy atom. The van der Waals surface area contributed by atoms with Gasteiger partial charge in [-0.05, 0) is 126 Å². The van der Waals surface area contributed by atoms with Gasteiger partial charge in [0.25, 0.3) is 0 Å². The summed E-state index contributed by atoms with van der Waals surface area (Å²) < 4.78 is 49.2. The van der Waals surface area contributed by atoms with Crippen molar-refractivity contribution in [1.82, 2.24) is 0 Å². The number of hydrogen-bond acceptors (Lipinski definition) is 18. The fourth-order valence-electron chi connectivity index (χ4n) is 15.1. The normalized spacial score (nSPS) is 41.6. The molecule has 18 nitrogen and oxygen atoms in total. The SMILES string of the molecule is CCC(C)(C)C(=O)OCC(=O)OC1(C)C2(C)CC3(C)C(=O)OC1(C)C3C2C.CCC(C)(C)C(=O)OCC(=O)OC1C2CC3C1OC(=O)C3C2C.CCC(C)(C)C(=O)OCC(=O)OC1C2OC(=O)C3(C)C2CC1(C)C3C. The molecular formula is C57H84O18. The fourth-order valence-corrected chi connectivity index (χ4v) is 15.1. The van der Waals surface area contributed by atoms with Gasteiger partial charge >= 0.3 is 53.7 Å². The van der Waals surface area contributed by atoms with Crippen LogP contribution < -0.4 is 0 Å². The van der Waals surface area contributed by atoms with Crippen LogP contribution in [0.25, 0.3) is 0 Å². The number of esters is 9. The predicted molar refractivity (Wildman–Crippen MR) is 265 cm³/mol. The number of ether oxygens (including phenoxy) is 9. The topological polar surface area (TPSA) is 237 Å². The van der Waals surface area contributed by atoms with E-state index in [1.165, 1.54) is 0 Å². The third kappa shape index (κ3) is 8.65. The highest BCUT2D eigenvalue weighted by molar-refractivity contribution is 5.85. The molecule has 18 heteroatoms. The summed E-state index contributed by atoms with van der Waals surface area (Å²) in [7, 11) is 0. The zero-order valence-corrected chi connectivity index (χ0v) is 47.6. The fraction of sp³-hybridized carbons (Fsp3) is 0.842. The Kier molecular flexibility index (Phi) is 14.7. The summed E-state index contributed by atoms with van der Waals surface area (Å²) in [5, 5.41) is 0. The van der Waals surface area contributed by atoms with E-state index < -0.39 is 112 Å². The van der Waals surface area contributed by atoms with Gasteiger partial charge in [0.1, 0.15) is 24.4 Å². The van der Waals surface area contributed by atoms with Gasteiger partial charge in [-0.3, -0.25) is 28.8 Å². The van der Waals surface area contributed by atoms with E-state index in [9.17, 15) is 43.2 Å². The number of carbonyl (C=O) groups excluding carboxylic acids is 9. The monoisotopic (exact) mass is 1060 g/mol. The van der Waals surface area contributed by atoms with Crippen LogP contribution in [0.4, 0.5) is 0 Å². The third-order valence-corrected chi connectivity index (χ3v) is 21.7. The lowest BCUT2D eigenvalue weighted by molar-refractivity contribution is -0.217. The Labute approximate surface area is 442 Å². The highest BCUT2D eigenvalue weighted by atomic mass is 16.6. The van der Waals surface area contributed by atoms with Gasteiger partial charge in [0, 0.05) is 34.5 Å². The second kappa shape index (κ2) is 19.0. The van der Waals surface area contributed by atoms with Gasteiger partial charge in [0.15, 0.2) is 31.0 Å². The van der Waals surface area contributed by atoms with Crippen molar-refractivity contribution in [2.24, 2.45) is 85.2 Å². The first kappa shape index (κ1) is 57.9. The summed E-state index contributed by atoms with van der Waals surface area (Å²) in [5.41, 5.74) is -5.45. The molecule has 0 amide bonds. The minimum atomic E-state index is -0.973. The molecule has 3 aliphatic heterocycles. The number of rotatable bonds is 15. The summed E-state index contributed by atoms with van der Waals surface area (Å²) in [6.45, 7) is 33.0. The van der Waals surface area contributed by atoms with Crippen molar-refractivity contribution in [2.45, 2.75) is 199 Å². The van der Waals surface area contributed by atoms with E-state index in [2.05, 4.69) is 20.8 Å². The third-order valence-electron chi connectivity index (χ3n) is 21.7. The molecule has 0 aromatic rings. The second-order valence-electron chi connectivity index (χ2n) is 26.6. The molecule has 0 aromatic heterocycles. The summed E-state index contributed by atoms with van der Waals surface area (Å²) in [6.07, 6.45) is 2.58. The molecule has 0 spiro atoms. The summed E-state index contributed by atoms with van der Waals surface area (Å²) in [6, 6.07) is 0. The van der Waals surface area contributed by atoms with Crippen LogP contribution in [0.15, 0.2) is 0 Å². The molecule has 0 radical (unpaired) electrons. The minimum Gasteiger partial charge on any atom is -0.458 e. The average molecular weight is 1060 g/mol. The molecule has 75 heavy (non-hydrogen) atoms. The highest BCUT2D eigenvalue weighted by Crippen LogP contribution is 2.78. The lowest BCUT2D eigenvalue weighted by atomic mass is 9.60. The molecule has 18 unspecified atom stereocenters. The van der Waals surface area contributed by atoms with E-state index in [4.69, 9.17) is 42.6 Å². The number of carbonyl (C=O) groups is 9. The van der Waals surface area contributed by atoms with Crippen LogP contribution in [0, 0.1) is 85.2 Å². The van der Waals surface area contributed by atoms with Crippen molar-refractivity contribution in [2.75, 3.05) is 19.8 Å². The zero-order valence-electron chi connectivity index (χ0n) is 47.6. The molecule has 0 N–H and O–H groups in total. The predicted octanol–water partition coefficient (Wildman–Crippen LogP) is 7.46. The van der Waals surface area contributed by atoms with Crippen molar-refractivity contribution >= 4 is 53.7 Å². The van der Waals surface area contributed by atoms with Crippen molar-refractivity contribution in [3.63, 3.8) is 0 Å². The van der Waals surface area contributed by atoms with Gasteiger partial charge in [0.2, 0.25) is 0 Å². The van der Waals surface area contributed by atoms with Gasteiger partial charge in [0.05, 0.1) is 33.0 Å². The van der Waals surface area contributed by atoms with E-state index >= 15 is 0 Å². The molecule has 6 bridgehead atoms. The summed E-state index contributed by atoms with van der Waals surface area (Å²) in [4.78, 5) is 110. The Balaban J connectivity index is 0.000000165. The van der Waals surface area contributed by atoms with E-state index in [1.807, 2.05) is 62.3 Å². The maximum atomic E-state index is 12.6. The van der Waals surface area contributed by atoms with Crippen LogP contribution in [0.5, 0.6) is 0 Å². The number of fused-ring (bicyclic) bond motifs is 3. The van der Waals surface area contributed by atoms with E-state index in [-0.39, 0.29) is 82.9 Å². The standard InChI is InChI=1S/C21H32O6.C19H28O6.C17H24O6/c1-9-17(3,4)15(23)25-10-13(22)26-21(8)19(6)11-18(5)14(12(19)2)20(21,7)27-16(18)24;1-7-17(3,4)15(21)23-9-12(20)24-14-13-11-8-18(14,5)10(2)19(11,6)16(22)25-13;1-5-17(3,4)16(20)21-7-11(18)22-13-9-6-10-12(8(9)2)15(19)23-14(10)13/h12,14H,9-11H2,1-8H3;10-11,13-14H,7-9H2,1-6H3;8-10,12-14H,5-7H2,1-4H3. The van der Waals surface area contributed by atoms with E-state index in [1.54, 1.807) is 41.5 Å². The Morgan fingerprint density at radius 2 is 1.13 bits per heavy atom. The van der Waals surface area contributed by atoms with Gasteiger partial charge in [-0.1, -0.05) is 55.4 Å². The van der Waals surface area contributed by atoms with E-state index in [0.717, 1.165) is 12.8 Å². The summed E-state index contributed by atoms with van der Waals surface area (Å²) in [5.74, 6) is -2.82. The largest absolute Gasteiger partial charge is 0.458 e. The molecular weight excluding hydrogens is 973 g/mol. The highest BCUT2D eigenvalue weighted by Gasteiger charge is 2.87. The van der Waals surface area contributed by atoms with Crippen molar-refractivity contribution < 1.29 is 85.8 Å². The van der Waals surface area contributed by atoms with Crippen LogP contribution in [0.2, 0.25) is 0 Å². The Hall–Kier alpha value is -4.77. The maximum Gasteiger partial charge on any atom is 0.344 e. The van der Waals surface area contributed by atoms with Crippen LogP contribution in [0.3, 0.4) is 0 Å². The van der Waals surface area contributed by atoms with Crippen LogP contribution in [0.1, 0.15) is 163 Å². The molecule has 420 valence electrons. The first-order chi connectivity index (χ1) is 34.4. The number of hydrogen-bond donors (Lipinski definition) is 0. The Bertz CT molecular complexity index is 2390. The van der Waals surface area contributed by atoms with Crippen molar-refractivity contribution in [3.8, 4) is 0 Å². The zero-order chi connectivity index (χ0) is 56.4. The van der Waals surface area contributed by atoms with Crippen LogP contribution in [-0.2, 0) is 85.8 Å². The average Bonchev–Trinajstić information content (AvgIpc) is 4.18. The van der Waals surface area contributed by atoms with Crippen molar-refractivity contribution in [3.05, 3.63) is 0 Å².